The van der Waals surface area contributed by atoms with Crippen LogP contribution in [0.4, 0.5) is 11.8 Å². The Morgan fingerprint density at radius 2 is 2.10 bits per heavy atom. The third kappa shape index (κ3) is 2.59. The summed E-state index contributed by atoms with van der Waals surface area (Å²) in [6.07, 6.45) is 8.05. The number of nitrogens with zero attached hydrogens (tertiary/aromatic N) is 3. The molecule has 0 aromatic carbocycles. The molecule has 3 rings (SSSR count). The number of rotatable bonds is 3. The molecule has 1 atom stereocenters. The minimum absolute atomic E-state index is 0.418. The molecule has 2 aliphatic rings. The minimum Gasteiger partial charge on any atom is -0.381 e. The van der Waals surface area contributed by atoms with Crippen molar-refractivity contribution < 1.29 is 4.74 Å². The van der Waals surface area contributed by atoms with Gasteiger partial charge in [-0.05, 0) is 37.2 Å². The fraction of sp³-hybridized carbons (Fsp3) is 0.733. The van der Waals surface area contributed by atoms with E-state index >= 15 is 0 Å². The lowest BCUT2D eigenvalue weighted by molar-refractivity contribution is 0.0134. The van der Waals surface area contributed by atoms with E-state index in [1.807, 2.05) is 31.3 Å². The average Bonchev–Trinajstić information content (AvgIpc) is 2.82. The van der Waals surface area contributed by atoms with Gasteiger partial charge < -0.3 is 15.0 Å². The normalized spacial score (nSPS) is 24.8. The van der Waals surface area contributed by atoms with Gasteiger partial charge >= 0.3 is 0 Å². The van der Waals surface area contributed by atoms with E-state index in [1.54, 1.807) is 0 Å². The molecule has 1 saturated heterocycles. The standard InChI is InChI=1S/C15H24N4O/c1-19(2)14-16-9-5-13(18-14)17-12-4-3-6-15(12)7-10-20-11-8-15/h5,9,12H,3-4,6-8,10-11H2,1-2H3,(H,16,17,18). The van der Waals surface area contributed by atoms with Crippen molar-refractivity contribution in [2.24, 2.45) is 5.41 Å². The van der Waals surface area contributed by atoms with E-state index in [2.05, 4.69) is 15.3 Å². The molecule has 1 spiro atoms. The van der Waals surface area contributed by atoms with Crippen molar-refractivity contribution in [3.8, 4) is 0 Å². The topological polar surface area (TPSA) is 50.3 Å². The third-order valence-corrected chi connectivity index (χ3v) is 4.76. The van der Waals surface area contributed by atoms with Gasteiger partial charge in [-0.25, -0.2) is 4.98 Å². The van der Waals surface area contributed by atoms with E-state index in [-0.39, 0.29) is 0 Å². The number of anilines is 2. The molecule has 1 saturated carbocycles. The molecule has 1 aromatic rings. The summed E-state index contributed by atoms with van der Waals surface area (Å²) in [6.45, 7) is 1.82. The highest BCUT2D eigenvalue weighted by Crippen LogP contribution is 2.47. The average molecular weight is 276 g/mol. The van der Waals surface area contributed by atoms with E-state index in [9.17, 15) is 0 Å². The molecular weight excluding hydrogens is 252 g/mol. The summed E-state index contributed by atoms with van der Waals surface area (Å²) < 4.78 is 5.55. The van der Waals surface area contributed by atoms with Crippen LogP contribution in [0.5, 0.6) is 0 Å². The lowest BCUT2D eigenvalue weighted by Gasteiger charge is -2.39. The molecular formula is C15H24N4O. The second-order valence-corrected chi connectivity index (χ2v) is 6.20. The Morgan fingerprint density at radius 3 is 2.85 bits per heavy atom. The molecule has 1 aromatic heterocycles. The molecule has 5 nitrogen and oxygen atoms in total. The molecule has 1 aliphatic carbocycles. The van der Waals surface area contributed by atoms with E-state index in [4.69, 9.17) is 4.74 Å². The van der Waals surface area contributed by atoms with Gasteiger partial charge in [0.1, 0.15) is 5.82 Å². The SMILES string of the molecule is CN(C)c1nccc(NC2CCCC23CCOCC3)n1. The predicted molar refractivity (Wildman–Crippen MR) is 80.1 cm³/mol. The van der Waals surface area contributed by atoms with Crippen LogP contribution in [-0.4, -0.2) is 43.3 Å². The molecule has 0 amide bonds. The lowest BCUT2D eigenvalue weighted by atomic mass is 9.75. The maximum absolute atomic E-state index is 5.55. The zero-order valence-electron chi connectivity index (χ0n) is 12.4. The zero-order valence-corrected chi connectivity index (χ0v) is 12.4. The third-order valence-electron chi connectivity index (χ3n) is 4.76. The van der Waals surface area contributed by atoms with Gasteiger partial charge in [0.05, 0.1) is 0 Å². The van der Waals surface area contributed by atoms with Crippen molar-refractivity contribution in [2.45, 2.75) is 38.1 Å². The van der Waals surface area contributed by atoms with Crippen molar-refractivity contribution in [2.75, 3.05) is 37.5 Å². The smallest absolute Gasteiger partial charge is 0.226 e. The maximum Gasteiger partial charge on any atom is 0.226 e. The molecule has 1 unspecified atom stereocenters. The van der Waals surface area contributed by atoms with Crippen LogP contribution in [0.1, 0.15) is 32.1 Å². The van der Waals surface area contributed by atoms with Crippen LogP contribution < -0.4 is 10.2 Å². The lowest BCUT2D eigenvalue weighted by Crippen LogP contribution is -2.40. The second-order valence-electron chi connectivity index (χ2n) is 6.20. The fourth-order valence-electron chi connectivity index (χ4n) is 3.56. The van der Waals surface area contributed by atoms with Gasteiger partial charge in [0.2, 0.25) is 5.95 Å². The van der Waals surface area contributed by atoms with Crippen molar-refractivity contribution in [3.05, 3.63) is 12.3 Å². The van der Waals surface area contributed by atoms with E-state index in [1.165, 1.54) is 32.1 Å². The van der Waals surface area contributed by atoms with Crippen LogP contribution in [0.15, 0.2) is 12.3 Å². The summed E-state index contributed by atoms with van der Waals surface area (Å²) >= 11 is 0. The number of nitrogens with one attached hydrogen (secondary N) is 1. The Morgan fingerprint density at radius 1 is 1.30 bits per heavy atom. The highest BCUT2D eigenvalue weighted by molar-refractivity contribution is 5.41. The molecule has 2 heterocycles. The van der Waals surface area contributed by atoms with Gasteiger partial charge in [-0.3, -0.25) is 0 Å². The summed E-state index contributed by atoms with van der Waals surface area (Å²) in [5.41, 5.74) is 0.418. The van der Waals surface area contributed by atoms with Gasteiger partial charge in [0.15, 0.2) is 0 Å². The Bertz CT molecular complexity index is 457. The molecule has 1 aliphatic heterocycles. The van der Waals surface area contributed by atoms with E-state index in [0.717, 1.165) is 25.0 Å². The van der Waals surface area contributed by atoms with E-state index < -0.39 is 0 Å². The molecule has 110 valence electrons. The molecule has 1 N–H and O–H groups in total. The van der Waals surface area contributed by atoms with Gasteiger partial charge in [0.25, 0.3) is 0 Å². The van der Waals surface area contributed by atoms with Crippen LogP contribution in [0, 0.1) is 5.41 Å². The Kier molecular flexibility index (Phi) is 3.78. The fourth-order valence-corrected chi connectivity index (χ4v) is 3.56. The van der Waals surface area contributed by atoms with Crippen LogP contribution in [-0.2, 0) is 4.74 Å². The quantitative estimate of drug-likeness (QED) is 0.918. The molecule has 2 fully saturated rings. The first-order valence-corrected chi connectivity index (χ1v) is 7.54. The van der Waals surface area contributed by atoms with Crippen molar-refractivity contribution in [1.82, 2.24) is 9.97 Å². The predicted octanol–water partition coefficient (Wildman–Crippen LogP) is 2.30. The monoisotopic (exact) mass is 276 g/mol. The van der Waals surface area contributed by atoms with Crippen molar-refractivity contribution in [1.29, 1.82) is 0 Å². The first-order valence-electron chi connectivity index (χ1n) is 7.54. The Labute approximate surface area is 120 Å². The Hall–Kier alpha value is -1.36. The zero-order chi connectivity index (χ0) is 14.0. The van der Waals surface area contributed by atoms with Crippen LogP contribution >= 0.6 is 0 Å². The van der Waals surface area contributed by atoms with Gasteiger partial charge in [-0.15, -0.1) is 0 Å². The summed E-state index contributed by atoms with van der Waals surface area (Å²) in [7, 11) is 3.93. The largest absolute Gasteiger partial charge is 0.381 e. The first-order chi connectivity index (χ1) is 9.70. The maximum atomic E-state index is 5.55. The number of hydrogen-bond donors (Lipinski definition) is 1. The van der Waals surface area contributed by atoms with Gasteiger partial charge in [-0.2, -0.15) is 4.98 Å². The summed E-state index contributed by atoms with van der Waals surface area (Å²) in [5.74, 6) is 1.70. The second kappa shape index (κ2) is 5.56. The van der Waals surface area contributed by atoms with Crippen LogP contribution in [0.2, 0.25) is 0 Å². The van der Waals surface area contributed by atoms with Crippen LogP contribution in [0.25, 0.3) is 0 Å². The minimum atomic E-state index is 0.418. The Balaban J connectivity index is 1.74. The summed E-state index contributed by atoms with van der Waals surface area (Å²) in [5, 5.41) is 3.66. The van der Waals surface area contributed by atoms with Gasteiger partial charge in [-0.1, -0.05) is 6.42 Å². The first kappa shape index (κ1) is 13.6. The van der Waals surface area contributed by atoms with Gasteiger partial charge in [0, 0.05) is 39.5 Å². The molecule has 0 radical (unpaired) electrons. The number of ether oxygens (including phenoxy) is 1. The molecule has 0 bridgehead atoms. The van der Waals surface area contributed by atoms with Crippen molar-refractivity contribution >= 4 is 11.8 Å². The van der Waals surface area contributed by atoms with E-state index in [0.29, 0.717) is 11.5 Å². The van der Waals surface area contributed by atoms with Crippen molar-refractivity contribution in [3.63, 3.8) is 0 Å². The molecule has 20 heavy (non-hydrogen) atoms. The number of aromatic nitrogens is 2. The number of hydrogen-bond acceptors (Lipinski definition) is 5. The summed E-state index contributed by atoms with van der Waals surface area (Å²) in [4.78, 5) is 10.8. The highest BCUT2D eigenvalue weighted by atomic mass is 16.5. The highest BCUT2D eigenvalue weighted by Gasteiger charge is 2.43. The molecule has 5 heteroatoms. The summed E-state index contributed by atoms with van der Waals surface area (Å²) in [6, 6.07) is 2.49. The van der Waals surface area contributed by atoms with Crippen LogP contribution in [0.3, 0.4) is 0 Å².